The number of nitrogens with zero attached hydrogens (tertiary/aromatic N) is 3. The summed E-state index contributed by atoms with van der Waals surface area (Å²) in [6.07, 6.45) is 5.09. The summed E-state index contributed by atoms with van der Waals surface area (Å²) in [5.74, 6) is -0.260. The maximum absolute atomic E-state index is 11.0. The first-order valence-corrected chi connectivity index (χ1v) is 7.46. The van der Waals surface area contributed by atoms with Crippen LogP contribution < -0.4 is 5.73 Å². The van der Waals surface area contributed by atoms with Crippen molar-refractivity contribution in [3.05, 3.63) is 30.1 Å². The van der Waals surface area contributed by atoms with E-state index in [0.717, 1.165) is 39.1 Å². The summed E-state index contributed by atoms with van der Waals surface area (Å²) in [7, 11) is 0. The summed E-state index contributed by atoms with van der Waals surface area (Å²) in [5.41, 5.74) is 6.59. The fraction of sp³-hybridized carbons (Fsp3) is 0.600. The quantitative estimate of drug-likeness (QED) is 0.791. The van der Waals surface area contributed by atoms with Gasteiger partial charge in [-0.05, 0) is 24.1 Å². The highest BCUT2D eigenvalue weighted by Gasteiger charge is 2.34. The number of amides is 1. The number of pyridine rings is 1. The molecule has 1 amide bonds. The van der Waals surface area contributed by atoms with Crippen molar-refractivity contribution in [1.29, 1.82) is 0 Å². The fourth-order valence-corrected chi connectivity index (χ4v) is 3.23. The number of carbonyl (C=O) groups is 1. The first-order chi connectivity index (χ1) is 10.2. The van der Waals surface area contributed by atoms with Crippen LogP contribution in [0.25, 0.3) is 0 Å². The first-order valence-electron chi connectivity index (χ1n) is 7.46. The SMILES string of the molecule is NC(=O)CN1CC2CN(CCc3ccncc3)CC(C1)O2. The van der Waals surface area contributed by atoms with Crippen molar-refractivity contribution in [3.8, 4) is 0 Å². The molecule has 6 nitrogen and oxygen atoms in total. The number of carbonyl (C=O) groups excluding carboxylic acids is 1. The zero-order valence-electron chi connectivity index (χ0n) is 12.1. The third-order valence-corrected chi connectivity index (χ3v) is 4.08. The van der Waals surface area contributed by atoms with E-state index in [4.69, 9.17) is 10.5 Å². The number of rotatable bonds is 5. The van der Waals surface area contributed by atoms with Crippen molar-refractivity contribution in [2.24, 2.45) is 5.73 Å². The van der Waals surface area contributed by atoms with E-state index in [1.54, 1.807) is 0 Å². The second kappa shape index (κ2) is 6.51. The Balaban J connectivity index is 1.50. The van der Waals surface area contributed by atoms with E-state index in [-0.39, 0.29) is 18.1 Å². The van der Waals surface area contributed by atoms with Crippen LogP contribution >= 0.6 is 0 Å². The van der Waals surface area contributed by atoms with Crippen LogP contribution in [0.4, 0.5) is 0 Å². The zero-order chi connectivity index (χ0) is 14.7. The molecule has 0 saturated carbocycles. The molecule has 0 aromatic carbocycles. The highest BCUT2D eigenvalue weighted by Crippen LogP contribution is 2.19. The lowest BCUT2D eigenvalue weighted by Crippen LogP contribution is -2.60. The smallest absolute Gasteiger partial charge is 0.231 e. The number of ether oxygens (including phenoxy) is 1. The molecule has 2 aliphatic rings. The third-order valence-electron chi connectivity index (χ3n) is 4.08. The minimum Gasteiger partial charge on any atom is -0.370 e. The van der Waals surface area contributed by atoms with Crippen molar-refractivity contribution in [2.45, 2.75) is 18.6 Å². The average molecular weight is 290 g/mol. The molecule has 2 aliphatic heterocycles. The summed E-state index contributed by atoms with van der Waals surface area (Å²) in [5, 5.41) is 0. The molecule has 114 valence electrons. The molecule has 3 rings (SSSR count). The van der Waals surface area contributed by atoms with Gasteiger partial charge in [-0.2, -0.15) is 0 Å². The fourth-order valence-electron chi connectivity index (χ4n) is 3.23. The predicted octanol–water partition coefficient (Wildman–Crippen LogP) is -0.506. The Morgan fingerprint density at radius 2 is 1.81 bits per heavy atom. The Hall–Kier alpha value is -1.50. The Morgan fingerprint density at radius 3 is 2.43 bits per heavy atom. The minimum atomic E-state index is -0.260. The lowest BCUT2D eigenvalue weighted by atomic mass is 10.1. The molecule has 1 aromatic rings. The molecule has 21 heavy (non-hydrogen) atoms. The molecule has 2 fully saturated rings. The molecular formula is C15H22N4O2. The van der Waals surface area contributed by atoms with Crippen LogP contribution in [-0.2, 0) is 16.0 Å². The minimum absolute atomic E-state index is 0.189. The van der Waals surface area contributed by atoms with Crippen LogP contribution in [0.3, 0.4) is 0 Å². The van der Waals surface area contributed by atoms with Gasteiger partial charge in [0.05, 0.1) is 18.8 Å². The lowest BCUT2D eigenvalue weighted by molar-refractivity contribution is -0.143. The van der Waals surface area contributed by atoms with Gasteiger partial charge < -0.3 is 10.5 Å². The number of hydrogen-bond acceptors (Lipinski definition) is 5. The van der Waals surface area contributed by atoms with E-state index in [1.165, 1.54) is 5.56 Å². The van der Waals surface area contributed by atoms with Crippen molar-refractivity contribution in [3.63, 3.8) is 0 Å². The first kappa shape index (κ1) is 14.4. The van der Waals surface area contributed by atoms with Crippen LogP contribution in [-0.4, -0.2) is 72.2 Å². The molecule has 2 N–H and O–H groups in total. The average Bonchev–Trinajstić information content (AvgIpc) is 2.44. The Kier molecular flexibility index (Phi) is 4.48. The topological polar surface area (TPSA) is 71.7 Å². The molecule has 3 heterocycles. The van der Waals surface area contributed by atoms with Crippen LogP contribution in [0.2, 0.25) is 0 Å². The normalized spacial score (nSPS) is 26.7. The van der Waals surface area contributed by atoms with Gasteiger partial charge in [0, 0.05) is 45.1 Å². The molecular weight excluding hydrogens is 268 g/mol. The van der Waals surface area contributed by atoms with Gasteiger partial charge in [-0.15, -0.1) is 0 Å². The second-order valence-corrected chi connectivity index (χ2v) is 5.91. The van der Waals surface area contributed by atoms with Gasteiger partial charge in [0.15, 0.2) is 0 Å². The lowest BCUT2D eigenvalue weighted by Gasteiger charge is -2.45. The summed E-state index contributed by atoms with van der Waals surface area (Å²) in [4.78, 5) is 19.6. The number of nitrogens with two attached hydrogens (primary N) is 1. The summed E-state index contributed by atoms with van der Waals surface area (Å²) < 4.78 is 5.97. The molecule has 0 spiro atoms. The summed E-state index contributed by atoms with van der Waals surface area (Å²) in [6, 6.07) is 4.13. The van der Waals surface area contributed by atoms with E-state index in [1.807, 2.05) is 12.4 Å². The Morgan fingerprint density at radius 1 is 1.19 bits per heavy atom. The van der Waals surface area contributed by atoms with Crippen molar-refractivity contribution in [1.82, 2.24) is 14.8 Å². The molecule has 2 saturated heterocycles. The standard InChI is InChI=1S/C15H22N4O2/c16-15(20)11-19-9-13-7-18(8-14(10-19)21-13)6-3-12-1-4-17-5-2-12/h1-2,4-5,13-14H,3,6-11H2,(H2,16,20). The van der Waals surface area contributed by atoms with E-state index in [2.05, 4.69) is 26.9 Å². The van der Waals surface area contributed by atoms with Gasteiger partial charge in [0.2, 0.25) is 5.91 Å². The van der Waals surface area contributed by atoms with Gasteiger partial charge in [-0.1, -0.05) is 0 Å². The van der Waals surface area contributed by atoms with Crippen LogP contribution in [0, 0.1) is 0 Å². The van der Waals surface area contributed by atoms with Crippen molar-refractivity contribution >= 4 is 5.91 Å². The van der Waals surface area contributed by atoms with Gasteiger partial charge >= 0.3 is 0 Å². The Bertz CT molecular complexity index is 468. The monoisotopic (exact) mass is 290 g/mol. The van der Waals surface area contributed by atoms with E-state index in [9.17, 15) is 4.79 Å². The maximum Gasteiger partial charge on any atom is 0.231 e. The van der Waals surface area contributed by atoms with Crippen LogP contribution in [0.1, 0.15) is 5.56 Å². The molecule has 0 radical (unpaired) electrons. The van der Waals surface area contributed by atoms with E-state index in [0.29, 0.717) is 6.54 Å². The zero-order valence-corrected chi connectivity index (χ0v) is 12.1. The van der Waals surface area contributed by atoms with Crippen molar-refractivity contribution in [2.75, 3.05) is 39.3 Å². The highest BCUT2D eigenvalue weighted by atomic mass is 16.5. The number of hydrogen-bond donors (Lipinski definition) is 1. The summed E-state index contributed by atoms with van der Waals surface area (Å²) >= 11 is 0. The van der Waals surface area contributed by atoms with E-state index >= 15 is 0 Å². The predicted molar refractivity (Wildman–Crippen MR) is 78.7 cm³/mol. The maximum atomic E-state index is 11.0. The number of morpholine rings is 2. The summed E-state index contributed by atoms with van der Waals surface area (Å²) in [6.45, 7) is 4.83. The highest BCUT2D eigenvalue weighted by molar-refractivity contribution is 5.75. The van der Waals surface area contributed by atoms with Crippen molar-refractivity contribution < 1.29 is 9.53 Å². The molecule has 2 bridgehead atoms. The van der Waals surface area contributed by atoms with Gasteiger partial charge in [-0.3, -0.25) is 19.6 Å². The third kappa shape index (κ3) is 4.00. The number of primary amides is 1. The van der Waals surface area contributed by atoms with Crippen LogP contribution in [0.5, 0.6) is 0 Å². The molecule has 6 heteroatoms. The largest absolute Gasteiger partial charge is 0.370 e. The molecule has 0 aliphatic carbocycles. The number of fused-ring (bicyclic) bond motifs is 2. The molecule has 2 unspecified atom stereocenters. The van der Waals surface area contributed by atoms with E-state index < -0.39 is 0 Å². The van der Waals surface area contributed by atoms with Gasteiger partial charge in [0.1, 0.15) is 0 Å². The Labute approximate surface area is 124 Å². The van der Waals surface area contributed by atoms with Gasteiger partial charge in [-0.25, -0.2) is 0 Å². The van der Waals surface area contributed by atoms with Gasteiger partial charge in [0.25, 0.3) is 0 Å². The van der Waals surface area contributed by atoms with Crippen LogP contribution in [0.15, 0.2) is 24.5 Å². The second-order valence-electron chi connectivity index (χ2n) is 5.91. The number of aromatic nitrogens is 1. The molecule has 1 aromatic heterocycles. The molecule has 2 atom stereocenters.